The molecule has 0 aliphatic carbocycles. The lowest BCUT2D eigenvalue weighted by Crippen LogP contribution is -2.36. The second-order valence-corrected chi connectivity index (χ2v) is 6.51. The van der Waals surface area contributed by atoms with E-state index in [-0.39, 0.29) is 5.69 Å². The van der Waals surface area contributed by atoms with Crippen molar-refractivity contribution >= 4 is 11.7 Å². The quantitative estimate of drug-likeness (QED) is 0.696. The summed E-state index contributed by atoms with van der Waals surface area (Å²) < 4.78 is 10.2. The van der Waals surface area contributed by atoms with Crippen molar-refractivity contribution in [2.24, 2.45) is 0 Å². The fraction of sp³-hybridized carbons (Fsp3) is 0.300. The Morgan fingerprint density at radius 3 is 2.82 bits per heavy atom. The summed E-state index contributed by atoms with van der Waals surface area (Å²) in [5, 5.41) is 0. The molecule has 0 bridgehead atoms. The molecular formula is C20H21N5O3. The van der Waals surface area contributed by atoms with Crippen molar-refractivity contribution in [2.45, 2.75) is 6.92 Å². The number of hydrogen-bond acceptors (Lipinski definition) is 7. The van der Waals surface area contributed by atoms with E-state index >= 15 is 0 Å². The van der Waals surface area contributed by atoms with Crippen LogP contribution in [0.4, 0.5) is 5.69 Å². The summed E-state index contributed by atoms with van der Waals surface area (Å²) in [5.41, 5.74) is 4.59. The van der Waals surface area contributed by atoms with Crippen molar-refractivity contribution in [1.82, 2.24) is 19.9 Å². The van der Waals surface area contributed by atoms with E-state index < -0.39 is 5.97 Å². The molecule has 0 saturated carbocycles. The average Bonchev–Trinajstić information content (AvgIpc) is 3.16. The third kappa shape index (κ3) is 3.59. The molecule has 8 heteroatoms. The SMILES string of the molecule is COC(=O)c1nc(-c2cc(-c3cncc(N4CCOCC4)c3)ccn2)[nH]c1C. The highest BCUT2D eigenvalue weighted by atomic mass is 16.5. The van der Waals surface area contributed by atoms with Crippen molar-refractivity contribution in [1.29, 1.82) is 0 Å². The Labute approximate surface area is 162 Å². The minimum absolute atomic E-state index is 0.265. The molecule has 0 amide bonds. The van der Waals surface area contributed by atoms with Crippen LogP contribution in [-0.4, -0.2) is 59.3 Å². The monoisotopic (exact) mass is 379 g/mol. The van der Waals surface area contributed by atoms with E-state index in [1.807, 2.05) is 24.5 Å². The van der Waals surface area contributed by atoms with E-state index in [0.29, 0.717) is 17.2 Å². The zero-order valence-electron chi connectivity index (χ0n) is 15.8. The van der Waals surface area contributed by atoms with Crippen molar-refractivity contribution in [3.8, 4) is 22.6 Å². The van der Waals surface area contributed by atoms with E-state index in [4.69, 9.17) is 9.47 Å². The van der Waals surface area contributed by atoms with Gasteiger partial charge in [-0.2, -0.15) is 0 Å². The van der Waals surface area contributed by atoms with Crippen LogP contribution in [0.25, 0.3) is 22.6 Å². The third-order valence-corrected chi connectivity index (χ3v) is 4.70. The summed E-state index contributed by atoms with van der Waals surface area (Å²) in [7, 11) is 1.34. The van der Waals surface area contributed by atoms with Crippen LogP contribution in [0, 0.1) is 6.92 Å². The zero-order chi connectivity index (χ0) is 19.5. The Balaban J connectivity index is 1.65. The maximum Gasteiger partial charge on any atom is 0.358 e. The van der Waals surface area contributed by atoms with Gasteiger partial charge in [-0.15, -0.1) is 0 Å². The topological polar surface area (TPSA) is 93.2 Å². The number of H-pyrrole nitrogens is 1. The van der Waals surface area contributed by atoms with Gasteiger partial charge in [-0.05, 0) is 30.7 Å². The van der Waals surface area contributed by atoms with Gasteiger partial charge in [-0.3, -0.25) is 9.97 Å². The fourth-order valence-electron chi connectivity index (χ4n) is 3.20. The smallest absolute Gasteiger partial charge is 0.358 e. The highest BCUT2D eigenvalue weighted by molar-refractivity contribution is 5.89. The Hall–Kier alpha value is -3.26. The van der Waals surface area contributed by atoms with Crippen LogP contribution in [-0.2, 0) is 9.47 Å². The number of pyridine rings is 2. The molecule has 0 radical (unpaired) electrons. The van der Waals surface area contributed by atoms with Gasteiger partial charge in [0.25, 0.3) is 0 Å². The maximum absolute atomic E-state index is 11.8. The predicted octanol–water partition coefficient (Wildman–Crippen LogP) is 2.47. The molecule has 3 aromatic heterocycles. The summed E-state index contributed by atoms with van der Waals surface area (Å²) in [6, 6.07) is 5.98. The third-order valence-electron chi connectivity index (χ3n) is 4.70. The molecule has 4 rings (SSSR count). The van der Waals surface area contributed by atoms with Crippen molar-refractivity contribution in [2.75, 3.05) is 38.3 Å². The predicted molar refractivity (Wildman–Crippen MR) is 104 cm³/mol. The van der Waals surface area contributed by atoms with Crippen molar-refractivity contribution < 1.29 is 14.3 Å². The maximum atomic E-state index is 11.8. The number of morpholine rings is 1. The highest BCUT2D eigenvalue weighted by Gasteiger charge is 2.17. The van der Waals surface area contributed by atoms with Crippen LogP contribution in [0.1, 0.15) is 16.2 Å². The van der Waals surface area contributed by atoms with Gasteiger partial charge in [-0.1, -0.05) is 0 Å². The van der Waals surface area contributed by atoms with Crippen LogP contribution < -0.4 is 4.90 Å². The lowest BCUT2D eigenvalue weighted by molar-refractivity contribution is 0.0594. The summed E-state index contributed by atoms with van der Waals surface area (Å²) in [6.07, 6.45) is 5.42. The number of aromatic amines is 1. The standard InChI is InChI=1S/C20H21N5O3/c1-13-18(20(26)27-2)24-19(23-13)17-10-14(3-4-22-17)15-9-16(12-21-11-15)25-5-7-28-8-6-25/h3-4,9-12H,5-8H2,1-2H3,(H,23,24). The van der Waals surface area contributed by atoms with Gasteiger partial charge in [0.1, 0.15) is 5.69 Å². The molecule has 0 spiro atoms. The number of imidazole rings is 1. The molecule has 1 fully saturated rings. The van der Waals surface area contributed by atoms with Gasteiger partial charge in [0.05, 0.1) is 32.2 Å². The molecule has 0 aromatic carbocycles. The number of methoxy groups -OCH3 is 1. The van der Waals surface area contributed by atoms with E-state index in [2.05, 4.69) is 30.9 Å². The Morgan fingerprint density at radius 1 is 1.21 bits per heavy atom. The molecule has 1 aliphatic heterocycles. The first kappa shape index (κ1) is 18.1. The molecule has 144 valence electrons. The summed E-state index contributed by atoms with van der Waals surface area (Å²) >= 11 is 0. The van der Waals surface area contributed by atoms with Crippen LogP contribution in [0.5, 0.6) is 0 Å². The number of carbonyl (C=O) groups is 1. The zero-order valence-corrected chi connectivity index (χ0v) is 15.8. The molecule has 4 heterocycles. The number of nitrogens with zero attached hydrogens (tertiary/aromatic N) is 4. The van der Waals surface area contributed by atoms with Crippen molar-refractivity contribution in [3.63, 3.8) is 0 Å². The Bertz CT molecular complexity index is 995. The van der Waals surface area contributed by atoms with Gasteiger partial charge in [0.15, 0.2) is 11.5 Å². The van der Waals surface area contributed by atoms with Crippen molar-refractivity contribution in [3.05, 3.63) is 48.2 Å². The largest absolute Gasteiger partial charge is 0.464 e. The second kappa shape index (κ2) is 7.77. The molecule has 0 atom stereocenters. The Kier molecular flexibility index (Phi) is 5.03. The molecule has 3 aromatic rings. The molecule has 1 N–H and O–H groups in total. The van der Waals surface area contributed by atoms with Gasteiger partial charge in [0.2, 0.25) is 0 Å². The van der Waals surface area contributed by atoms with E-state index in [1.165, 1.54) is 7.11 Å². The summed E-state index contributed by atoms with van der Waals surface area (Å²) in [4.78, 5) is 30.3. The molecular weight excluding hydrogens is 358 g/mol. The summed E-state index contributed by atoms with van der Waals surface area (Å²) in [5.74, 6) is 0.0515. The lowest BCUT2D eigenvalue weighted by atomic mass is 10.1. The first-order valence-electron chi connectivity index (χ1n) is 9.05. The molecule has 8 nitrogen and oxygen atoms in total. The first-order valence-corrected chi connectivity index (χ1v) is 9.05. The fourth-order valence-corrected chi connectivity index (χ4v) is 3.20. The minimum Gasteiger partial charge on any atom is -0.464 e. The van der Waals surface area contributed by atoms with Crippen LogP contribution in [0.15, 0.2) is 36.8 Å². The molecule has 28 heavy (non-hydrogen) atoms. The van der Waals surface area contributed by atoms with Gasteiger partial charge in [-0.25, -0.2) is 9.78 Å². The van der Waals surface area contributed by atoms with Gasteiger partial charge >= 0.3 is 5.97 Å². The lowest BCUT2D eigenvalue weighted by Gasteiger charge is -2.28. The highest BCUT2D eigenvalue weighted by Crippen LogP contribution is 2.27. The average molecular weight is 379 g/mol. The number of aryl methyl sites for hydroxylation is 1. The van der Waals surface area contributed by atoms with E-state index in [9.17, 15) is 4.79 Å². The minimum atomic E-state index is -0.474. The Morgan fingerprint density at radius 2 is 2.04 bits per heavy atom. The number of rotatable bonds is 4. The van der Waals surface area contributed by atoms with Crippen LogP contribution in [0.2, 0.25) is 0 Å². The van der Waals surface area contributed by atoms with Crippen LogP contribution in [0.3, 0.4) is 0 Å². The first-order chi connectivity index (χ1) is 13.7. The van der Waals surface area contributed by atoms with Gasteiger partial charge in [0, 0.05) is 36.7 Å². The summed E-state index contributed by atoms with van der Waals surface area (Å²) in [6.45, 7) is 4.94. The second-order valence-electron chi connectivity index (χ2n) is 6.51. The number of hydrogen-bond donors (Lipinski definition) is 1. The molecule has 1 aliphatic rings. The number of carbonyl (C=O) groups excluding carboxylic acids is 1. The molecule has 1 saturated heterocycles. The number of ether oxygens (including phenoxy) is 2. The number of esters is 1. The van der Waals surface area contributed by atoms with Gasteiger partial charge < -0.3 is 19.4 Å². The number of anilines is 1. The number of nitrogens with one attached hydrogen (secondary N) is 1. The van der Waals surface area contributed by atoms with E-state index in [0.717, 1.165) is 43.1 Å². The molecule has 0 unspecified atom stereocenters. The van der Waals surface area contributed by atoms with Crippen LogP contribution >= 0.6 is 0 Å². The van der Waals surface area contributed by atoms with E-state index in [1.54, 1.807) is 13.1 Å². The number of aromatic nitrogens is 4. The normalized spacial score (nSPS) is 14.1.